The van der Waals surface area contributed by atoms with E-state index in [2.05, 4.69) is 15.9 Å². The van der Waals surface area contributed by atoms with Crippen molar-refractivity contribution in [2.75, 3.05) is 5.33 Å². The fraction of sp³-hybridized carbons (Fsp3) is 0.417. The van der Waals surface area contributed by atoms with Crippen molar-refractivity contribution in [1.82, 2.24) is 0 Å². The van der Waals surface area contributed by atoms with Gasteiger partial charge in [0.1, 0.15) is 0 Å². The third-order valence-electron chi connectivity index (χ3n) is 2.53. The molecule has 0 aromatic heterocycles. The van der Waals surface area contributed by atoms with Gasteiger partial charge in [-0.3, -0.25) is 4.79 Å². The highest BCUT2D eigenvalue weighted by Crippen LogP contribution is 2.24. The van der Waals surface area contributed by atoms with Crippen molar-refractivity contribution in [2.45, 2.75) is 25.7 Å². The summed E-state index contributed by atoms with van der Waals surface area (Å²) in [6.45, 7) is 0. The predicted octanol–water partition coefficient (Wildman–Crippen LogP) is 4.52. The van der Waals surface area contributed by atoms with Gasteiger partial charge in [-0.05, 0) is 12.8 Å². The third-order valence-corrected chi connectivity index (χ3v) is 3.09. The number of ketones is 1. The molecule has 0 atom stereocenters. The van der Waals surface area contributed by atoms with Crippen LogP contribution in [0.15, 0.2) is 0 Å². The predicted molar refractivity (Wildman–Crippen MR) is 62.8 cm³/mol. The highest BCUT2D eigenvalue weighted by molar-refractivity contribution is 9.09. The summed E-state index contributed by atoms with van der Waals surface area (Å²) in [7, 11) is 0. The third kappa shape index (κ3) is 3.52. The summed E-state index contributed by atoms with van der Waals surface area (Å²) in [5.74, 6) is -11.7. The summed E-state index contributed by atoms with van der Waals surface area (Å²) in [4.78, 5) is 11.5. The van der Waals surface area contributed by atoms with Gasteiger partial charge in [-0.2, -0.15) is 0 Å². The molecule has 0 saturated carbocycles. The number of benzene rings is 1. The molecule has 0 fully saturated rings. The van der Waals surface area contributed by atoms with Crippen molar-refractivity contribution < 1.29 is 26.7 Å². The fourth-order valence-corrected chi connectivity index (χ4v) is 1.93. The minimum atomic E-state index is -2.26. The van der Waals surface area contributed by atoms with Crippen molar-refractivity contribution in [3.8, 4) is 0 Å². The van der Waals surface area contributed by atoms with Gasteiger partial charge in [-0.15, -0.1) is 0 Å². The minimum Gasteiger partial charge on any atom is -0.294 e. The summed E-state index contributed by atoms with van der Waals surface area (Å²) in [5, 5.41) is 0.712. The summed E-state index contributed by atoms with van der Waals surface area (Å²) in [6, 6.07) is 0. The summed E-state index contributed by atoms with van der Waals surface area (Å²) < 4.78 is 65.1. The molecule has 0 bridgehead atoms. The lowest BCUT2D eigenvalue weighted by Crippen LogP contribution is -2.12. The van der Waals surface area contributed by atoms with Crippen LogP contribution in [0.2, 0.25) is 0 Å². The zero-order chi connectivity index (χ0) is 14.6. The van der Waals surface area contributed by atoms with Crippen molar-refractivity contribution in [1.29, 1.82) is 0 Å². The Morgan fingerprint density at radius 2 is 1.26 bits per heavy atom. The smallest absolute Gasteiger partial charge is 0.200 e. The zero-order valence-corrected chi connectivity index (χ0v) is 11.3. The molecule has 1 nitrogen and oxygen atoms in total. The highest BCUT2D eigenvalue weighted by atomic mass is 79.9. The van der Waals surface area contributed by atoms with Gasteiger partial charge in [0.05, 0.1) is 5.56 Å². The van der Waals surface area contributed by atoms with Crippen molar-refractivity contribution in [3.05, 3.63) is 34.6 Å². The number of halogens is 6. The number of alkyl halides is 1. The van der Waals surface area contributed by atoms with Crippen LogP contribution in [0.5, 0.6) is 0 Å². The van der Waals surface area contributed by atoms with Crippen molar-refractivity contribution >= 4 is 21.7 Å². The first-order valence-electron chi connectivity index (χ1n) is 5.52. The average molecular weight is 345 g/mol. The lowest BCUT2D eigenvalue weighted by Gasteiger charge is -2.07. The van der Waals surface area contributed by atoms with Crippen molar-refractivity contribution in [2.24, 2.45) is 0 Å². The lowest BCUT2D eigenvalue weighted by molar-refractivity contribution is 0.0968. The van der Waals surface area contributed by atoms with E-state index in [0.29, 0.717) is 18.2 Å². The maximum Gasteiger partial charge on any atom is 0.200 e. The van der Waals surface area contributed by atoms with Gasteiger partial charge < -0.3 is 0 Å². The molecule has 0 aliphatic heterocycles. The topological polar surface area (TPSA) is 17.1 Å². The molecule has 1 rings (SSSR count). The maximum atomic E-state index is 13.3. The Morgan fingerprint density at radius 3 is 1.74 bits per heavy atom. The number of hydrogen-bond acceptors (Lipinski definition) is 1. The molecule has 0 aliphatic carbocycles. The Balaban J connectivity index is 2.97. The number of carbonyl (C=O) groups is 1. The molecule has 1 aromatic rings. The standard InChI is InChI=1S/C12H10BrF5O/c13-5-3-1-2-4-6(19)7-8(14)10(16)12(18)11(17)9(7)15/h1-5H2. The number of hydrogen-bond donors (Lipinski definition) is 0. The van der Waals surface area contributed by atoms with Crippen LogP contribution in [-0.2, 0) is 0 Å². The molecule has 0 heterocycles. The Morgan fingerprint density at radius 1 is 0.789 bits per heavy atom. The van der Waals surface area contributed by atoms with Crippen LogP contribution in [0, 0.1) is 29.1 Å². The van der Waals surface area contributed by atoms with Gasteiger partial charge in [0.25, 0.3) is 0 Å². The van der Waals surface area contributed by atoms with E-state index < -0.39 is 40.4 Å². The normalized spacial score (nSPS) is 10.8. The zero-order valence-electron chi connectivity index (χ0n) is 9.71. The van der Waals surface area contributed by atoms with Crippen LogP contribution < -0.4 is 0 Å². The molecular formula is C12H10BrF5O. The fourth-order valence-electron chi connectivity index (χ4n) is 1.53. The van der Waals surface area contributed by atoms with Crippen LogP contribution >= 0.6 is 15.9 Å². The number of Topliss-reactive ketones (excluding diaryl/α,β-unsaturated/α-hetero) is 1. The molecule has 0 radical (unpaired) electrons. The molecule has 106 valence electrons. The second-order valence-electron chi connectivity index (χ2n) is 3.87. The van der Waals surface area contributed by atoms with E-state index in [1.54, 1.807) is 0 Å². The molecule has 0 unspecified atom stereocenters. The summed E-state index contributed by atoms with van der Waals surface area (Å²) in [6.07, 6.45) is 1.44. The molecule has 0 aliphatic rings. The Labute approximate surface area is 114 Å². The number of carbonyl (C=O) groups excluding carboxylic acids is 1. The van der Waals surface area contributed by atoms with E-state index in [1.165, 1.54) is 0 Å². The van der Waals surface area contributed by atoms with Gasteiger partial charge in [0, 0.05) is 11.8 Å². The molecule has 0 N–H and O–H groups in total. The second-order valence-corrected chi connectivity index (χ2v) is 4.66. The average Bonchev–Trinajstić information content (AvgIpc) is 2.39. The van der Waals surface area contributed by atoms with E-state index in [1.807, 2.05) is 0 Å². The largest absolute Gasteiger partial charge is 0.294 e. The first-order valence-corrected chi connectivity index (χ1v) is 6.64. The van der Waals surface area contributed by atoms with Gasteiger partial charge in [-0.25, -0.2) is 22.0 Å². The van der Waals surface area contributed by atoms with E-state index in [4.69, 9.17) is 0 Å². The van der Waals surface area contributed by atoms with Gasteiger partial charge in [-0.1, -0.05) is 22.4 Å². The summed E-state index contributed by atoms with van der Waals surface area (Å²) >= 11 is 3.17. The van der Waals surface area contributed by atoms with E-state index in [9.17, 15) is 26.7 Å². The lowest BCUT2D eigenvalue weighted by atomic mass is 10.0. The first-order chi connectivity index (χ1) is 8.91. The Hall–Kier alpha value is -0.980. The minimum absolute atomic E-state index is 0.259. The molecule has 0 amide bonds. The van der Waals surface area contributed by atoms with Crippen LogP contribution in [0.1, 0.15) is 36.0 Å². The van der Waals surface area contributed by atoms with Gasteiger partial charge >= 0.3 is 0 Å². The van der Waals surface area contributed by atoms with Crippen LogP contribution in [0.3, 0.4) is 0 Å². The quantitative estimate of drug-likeness (QED) is 0.185. The van der Waals surface area contributed by atoms with E-state index >= 15 is 0 Å². The Bertz CT molecular complexity index is 460. The van der Waals surface area contributed by atoms with Crippen LogP contribution in [0.25, 0.3) is 0 Å². The monoisotopic (exact) mass is 344 g/mol. The summed E-state index contributed by atoms with van der Waals surface area (Å²) in [5.41, 5.74) is -1.35. The molecule has 7 heteroatoms. The Kier molecular flexibility index (Phi) is 5.90. The van der Waals surface area contributed by atoms with Gasteiger partial charge in [0.15, 0.2) is 29.1 Å². The van der Waals surface area contributed by atoms with Gasteiger partial charge in [0.2, 0.25) is 5.82 Å². The molecule has 19 heavy (non-hydrogen) atoms. The maximum absolute atomic E-state index is 13.3. The van der Waals surface area contributed by atoms with Crippen LogP contribution in [0.4, 0.5) is 22.0 Å². The number of unbranched alkanes of at least 4 members (excludes halogenated alkanes) is 2. The van der Waals surface area contributed by atoms with Crippen LogP contribution in [-0.4, -0.2) is 11.1 Å². The highest BCUT2D eigenvalue weighted by Gasteiger charge is 2.29. The number of rotatable bonds is 6. The SMILES string of the molecule is O=C(CCCCCBr)c1c(F)c(F)c(F)c(F)c1F. The van der Waals surface area contributed by atoms with E-state index in [-0.39, 0.29) is 6.42 Å². The molecule has 0 spiro atoms. The molecule has 0 saturated heterocycles. The van der Waals surface area contributed by atoms with E-state index in [0.717, 1.165) is 6.42 Å². The first kappa shape index (κ1) is 16.1. The van der Waals surface area contributed by atoms with Crippen molar-refractivity contribution in [3.63, 3.8) is 0 Å². The molecule has 1 aromatic carbocycles. The second kappa shape index (κ2) is 6.98. The molecular weight excluding hydrogens is 335 g/mol.